The highest BCUT2D eigenvalue weighted by molar-refractivity contribution is 6.03. The monoisotopic (exact) mass is 289 g/mol. The van der Waals surface area contributed by atoms with Gasteiger partial charge in [-0.15, -0.1) is 0 Å². The number of fused-ring (bicyclic) bond motifs is 2. The molecule has 0 fully saturated rings. The largest absolute Gasteiger partial charge is 0.360 e. The molecule has 106 valence electrons. The molecule has 2 heterocycles. The van der Waals surface area contributed by atoms with E-state index in [1.807, 2.05) is 36.5 Å². The fourth-order valence-electron chi connectivity index (χ4n) is 2.86. The van der Waals surface area contributed by atoms with Gasteiger partial charge in [0.15, 0.2) is 0 Å². The Morgan fingerprint density at radius 1 is 0.955 bits per heavy atom. The molecule has 4 rings (SSSR count). The summed E-state index contributed by atoms with van der Waals surface area (Å²) < 4.78 is 0. The van der Waals surface area contributed by atoms with Crippen molar-refractivity contribution in [1.82, 2.24) is 9.97 Å². The molecule has 0 bridgehead atoms. The van der Waals surface area contributed by atoms with Crippen LogP contribution in [-0.2, 0) is 0 Å². The smallest absolute Gasteiger partial charge is 0.285 e. The highest BCUT2D eigenvalue weighted by Gasteiger charge is 2.21. The van der Waals surface area contributed by atoms with Gasteiger partial charge in [-0.05, 0) is 23.6 Å². The summed E-state index contributed by atoms with van der Waals surface area (Å²) >= 11 is 0. The molecule has 2 aromatic heterocycles. The highest BCUT2D eigenvalue weighted by Crippen LogP contribution is 2.38. The van der Waals surface area contributed by atoms with Gasteiger partial charge in [0.05, 0.1) is 27.6 Å². The van der Waals surface area contributed by atoms with E-state index in [0.29, 0.717) is 10.9 Å². The van der Waals surface area contributed by atoms with Gasteiger partial charge in [-0.2, -0.15) is 0 Å². The predicted molar refractivity (Wildman–Crippen MR) is 85.7 cm³/mol. The topological polar surface area (TPSA) is 71.8 Å². The van der Waals surface area contributed by atoms with Gasteiger partial charge in [0.25, 0.3) is 5.69 Å². The molecule has 22 heavy (non-hydrogen) atoms. The van der Waals surface area contributed by atoms with Crippen LogP contribution in [0.25, 0.3) is 32.8 Å². The maximum Gasteiger partial charge on any atom is 0.285 e. The number of hydrogen-bond acceptors (Lipinski definition) is 3. The first-order valence-corrected chi connectivity index (χ1v) is 6.83. The molecule has 0 saturated heterocycles. The zero-order valence-corrected chi connectivity index (χ0v) is 11.5. The molecule has 0 aliphatic heterocycles. The van der Waals surface area contributed by atoms with Crippen LogP contribution in [0.4, 0.5) is 5.69 Å². The van der Waals surface area contributed by atoms with Crippen LogP contribution >= 0.6 is 0 Å². The Balaban J connectivity index is 2.13. The Bertz CT molecular complexity index is 1020. The Hall–Kier alpha value is -3.21. The quantitative estimate of drug-likeness (QED) is 0.442. The Morgan fingerprint density at radius 3 is 2.68 bits per heavy atom. The minimum atomic E-state index is -0.316. The van der Waals surface area contributed by atoms with Crippen molar-refractivity contribution in [2.75, 3.05) is 0 Å². The molecule has 5 heteroatoms. The fourth-order valence-corrected chi connectivity index (χ4v) is 2.86. The van der Waals surface area contributed by atoms with Gasteiger partial charge in [0, 0.05) is 23.3 Å². The number of pyridine rings is 1. The summed E-state index contributed by atoms with van der Waals surface area (Å²) in [6.07, 6.45) is 5.20. The number of aromatic amines is 1. The lowest BCUT2D eigenvalue weighted by Crippen LogP contribution is -1.94. The third-order valence-corrected chi connectivity index (χ3v) is 3.85. The van der Waals surface area contributed by atoms with Crippen LogP contribution in [0.5, 0.6) is 0 Å². The fraction of sp³-hybridized carbons (Fsp3) is 0. The third kappa shape index (κ3) is 1.76. The number of hydrogen-bond donors (Lipinski definition) is 1. The van der Waals surface area contributed by atoms with E-state index in [2.05, 4.69) is 9.97 Å². The lowest BCUT2D eigenvalue weighted by atomic mass is 9.98. The van der Waals surface area contributed by atoms with Crippen LogP contribution in [0.3, 0.4) is 0 Å². The molecule has 0 unspecified atom stereocenters. The summed E-state index contributed by atoms with van der Waals surface area (Å²) in [6.45, 7) is 0. The van der Waals surface area contributed by atoms with E-state index in [-0.39, 0.29) is 10.6 Å². The molecule has 0 atom stereocenters. The molecule has 5 nitrogen and oxygen atoms in total. The molecule has 0 saturated carbocycles. The van der Waals surface area contributed by atoms with Crippen LogP contribution in [0.15, 0.2) is 61.1 Å². The summed E-state index contributed by atoms with van der Waals surface area (Å²) in [5.74, 6) is 0. The third-order valence-electron chi connectivity index (χ3n) is 3.85. The van der Waals surface area contributed by atoms with Crippen molar-refractivity contribution in [3.63, 3.8) is 0 Å². The molecule has 0 radical (unpaired) electrons. The average Bonchev–Trinajstić information content (AvgIpc) is 3.02. The van der Waals surface area contributed by atoms with E-state index in [1.54, 1.807) is 24.5 Å². The van der Waals surface area contributed by atoms with Crippen molar-refractivity contribution in [3.8, 4) is 11.1 Å². The average molecular weight is 289 g/mol. The van der Waals surface area contributed by atoms with Gasteiger partial charge >= 0.3 is 0 Å². The van der Waals surface area contributed by atoms with Crippen LogP contribution in [0.1, 0.15) is 0 Å². The van der Waals surface area contributed by atoms with E-state index in [1.165, 1.54) is 0 Å². The number of nitro groups is 1. The van der Waals surface area contributed by atoms with Crippen LogP contribution < -0.4 is 0 Å². The summed E-state index contributed by atoms with van der Waals surface area (Å²) in [6, 6.07) is 13.0. The SMILES string of the molecule is O=[N+]([O-])c1c(-c2cncc3[nH]ccc23)ccc2ccccc12. The van der Waals surface area contributed by atoms with Crippen molar-refractivity contribution in [2.45, 2.75) is 0 Å². The Labute approximate surface area is 125 Å². The van der Waals surface area contributed by atoms with E-state index in [4.69, 9.17) is 0 Å². The van der Waals surface area contributed by atoms with E-state index >= 15 is 0 Å². The van der Waals surface area contributed by atoms with Gasteiger partial charge in [0.2, 0.25) is 0 Å². The number of aromatic nitrogens is 2. The van der Waals surface area contributed by atoms with Crippen LogP contribution in [0.2, 0.25) is 0 Å². The Kier molecular flexibility index (Phi) is 2.66. The van der Waals surface area contributed by atoms with Crippen molar-refractivity contribution in [3.05, 3.63) is 71.2 Å². The number of nitro benzene ring substituents is 1. The van der Waals surface area contributed by atoms with Crippen molar-refractivity contribution in [2.24, 2.45) is 0 Å². The minimum absolute atomic E-state index is 0.119. The first-order valence-electron chi connectivity index (χ1n) is 6.83. The summed E-state index contributed by atoms with van der Waals surface area (Å²) in [5, 5.41) is 14.1. The number of nitrogens with zero attached hydrogens (tertiary/aromatic N) is 2. The van der Waals surface area contributed by atoms with E-state index in [0.717, 1.165) is 21.9 Å². The second-order valence-electron chi connectivity index (χ2n) is 5.07. The second kappa shape index (κ2) is 4.66. The van der Waals surface area contributed by atoms with E-state index in [9.17, 15) is 10.1 Å². The number of rotatable bonds is 2. The molecule has 0 spiro atoms. The molecule has 2 aromatic carbocycles. The van der Waals surface area contributed by atoms with Crippen LogP contribution in [-0.4, -0.2) is 14.9 Å². The normalized spacial score (nSPS) is 11.1. The van der Waals surface area contributed by atoms with Crippen LogP contribution in [0, 0.1) is 10.1 Å². The standard InChI is InChI=1S/C17H11N3O2/c21-20(22)17-12-4-2-1-3-11(12)5-6-14(17)15-9-18-10-16-13(15)7-8-19-16/h1-10,19H. The van der Waals surface area contributed by atoms with Gasteiger partial charge in [-0.3, -0.25) is 15.1 Å². The number of H-pyrrole nitrogens is 1. The lowest BCUT2D eigenvalue weighted by molar-refractivity contribution is -0.382. The summed E-state index contributed by atoms with van der Waals surface area (Å²) in [4.78, 5) is 18.6. The predicted octanol–water partition coefficient (Wildman–Crippen LogP) is 4.29. The van der Waals surface area contributed by atoms with Crippen molar-refractivity contribution in [1.29, 1.82) is 0 Å². The van der Waals surface area contributed by atoms with Gasteiger partial charge in [-0.25, -0.2) is 0 Å². The molecule has 0 aliphatic carbocycles. The zero-order valence-electron chi connectivity index (χ0n) is 11.5. The summed E-state index contributed by atoms with van der Waals surface area (Å²) in [7, 11) is 0. The molecular weight excluding hydrogens is 278 g/mol. The first-order chi connectivity index (χ1) is 10.8. The minimum Gasteiger partial charge on any atom is -0.360 e. The van der Waals surface area contributed by atoms with Crippen molar-refractivity contribution < 1.29 is 4.92 Å². The molecule has 0 aliphatic rings. The number of benzene rings is 2. The molecular formula is C17H11N3O2. The molecule has 0 amide bonds. The van der Waals surface area contributed by atoms with Gasteiger partial charge in [0.1, 0.15) is 0 Å². The van der Waals surface area contributed by atoms with Gasteiger partial charge < -0.3 is 4.98 Å². The number of nitrogens with one attached hydrogen (secondary N) is 1. The first kappa shape index (κ1) is 12.5. The Morgan fingerprint density at radius 2 is 1.82 bits per heavy atom. The molecule has 1 N–H and O–H groups in total. The second-order valence-corrected chi connectivity index (χ2v) is 5.07. The summed E-state index contributed by atoms with van der Waals surface area (Å²) in [5.41, 5.74) is 2.33. The maximum absolute atomic E-state index is 11.7. The molecule has 4 aromatic rings. The highest BCUT2D eigenvalue weighted by atomic mass is 16.6. The lowest BCUT2D eigenvalue weighted by Gasteiger charge is -2.07. The van der Waals surface area contributed by atoms with Gasteiger partial charge in [-0.1, -0.05) is 24.3 Å². The van der Waals surface area contributed by atoms with Crippen molar-refractivity contribution >= 4 is 27.4 Å². The van der Waals surface area contributed by atoms with E-state index < -0.39 is 0 Å². The maximum atomic E-state index is 11.7. The zero-order chi connectivity index (χ0) is 15.1.